The van der Waals surface area contributed by atoms with Crippen molar-refractivity contribution in [3.05, 3.63) is 29.3 Å². The Labute approximate surface area is 133 Å². The van der Waals surface area contributed by atoms with Crippen molar-refractivity contribution in [2.45, 2.75) is 32.2 Å². The molecule has 0 saturated carbocycles. The van der Waals surface area contributed by atoms with E-state index in [1.807, 2.05) is 38.1 Å². The number of likely N-dealkylation sites (N-methyl/N-ethyl adjacent to an activating group) is 1. The number of rotatable bonds is 8. The second-order valence-corrected chi connectivity index (χ2v) is 7.89. The maximum Gasteiger partial charge on any atom is 0.211 e. The quantitative estimate of drug-likeness (QED) is 0.793. The second-order valence-electron chi connectivity index (χ2n) is 5.97. The van der Waals surface area contributed by atoms with E-state index in [4.69, 9.17) is 4.74 Å². The maximum absolute atomic E-state index is 12.0. The van der Waals surface area contributed by atoms with Gasteiger partial charge in [0.25, 0.3) is 0 Å². The van der Waals surface area contributed by atoms with Crippen LogP contribution in [0.15, 0.2) is 18.2 Å². The molecular formula is C16H26N2O3S. The van der Waals surface area contributed by atoms with Gasteiger partial charge < -0.3 is 9.64 Å². The minimum Gasteiger partial charge on any atom is -0.493 e. The molecule has 124 valence electrons. The van der Waals surface area contributed by atoms with Crippen LogP contribution in [0.4, 0.5) is 0 Å². The Bertz CT molecular complexity index is 599. The zero-order valence-electron chi connectivity index (χ0n) is 13.6. The van der Waals surface area contributed by atoms with Crippen LogP contribution in [0.2, 0.25) is 0 Å². The number of hydrogen-bond donors (Lipinski definition) is 1. The number of ether oxygens (including phenoxy) is 1. The van der Waals surface area contributed by atoms with E-state index in [9.17, 15) is 8.42 Å². The molecule has 1 atom stereocenters. The Morgan fingerprint density at radius 1 is 1.36 bits per heavy atom. The molecule has 1 N–H and O–H groups in total. The minimum atomic E-state index is -3.19. The zero-order valence-corrected chi connectivity index (χ0v) is 14.4. The molecule has 0 saturated heterocycles. The van der Waals surface area contributed by atoms with Crippen LogP contribution in [0.3, 0.4) is 0 Å². The molecule has 0 fully saturated rings. The summed E-state index contributed by atoms with van der Waals surface area (Å²) in [5.41, 5.74) is 2.32. The van der Waals surface area contributed by atoms with Gasteiger partial charge in [-0.2, -0.15) is 0 Å². The van der Waals surface area contributed by atoms with E-state index in [1.165, 1.54) is 5.56 Å². The predicted molar refractivity (Wildman–Crippen MR) is 88.8 cm³/mol. The van der Waals surface area contributed by atoms with E-state index in [-0.39, 0.29) is 11.8 Å². The van der Waals surface area contributed by atoms with Crippen molar-refractivity contribution in [1.29, 1.82) is 0 Å². The van der Waals surface area contributed by atoms with Gasteiger partial charge in [0.1, 0.15) is 5.75 Å². The van der Waals surface area contributed by atoms with Crippen molar-refractivity contribution in [1.82, 2.24) is 9.62 Å². The normalized spacial score (nSPS) is 15.6. The summed E-state index contributed by atoms with van der Waals surface area (Å²) >= 11 is 0. The van der Waals surface area contributed by atoms with Gasteiger partial charge in [0.2, 0.25) is 10.0 Å². The molecule has 1 heterocycles. The summed E-state index contributed by atoms with van der Waals surface area (Å²) in [6, 6.07) is 6.16. The molecule has 22 heavy (non-hydrogen) atoms. The number of sulfonamides is 1. The van der Waals surface area contributed by atoms with Gasteiger partial charge in [0.05, 0.1) is 12.4 Å². The average Bonchev–Trinajstić information content (AvgIpc) is 2.92. The van der Waals surface area contributed by atoms with Gasteiger partial charge in [0, 0.05) is 19.0 Å². The van der Waals surface area contributed by atoms with E-state index in [0.717, 1.165) is 30.8 Å². The van der Waals surface area contributed by atoms with E-state index < -0.39 is 10.0 Å². The molecule has 1 aliphatic heterocycles. The first-order valence-corrected chi connectivity index (χ1v) is 9.47. The Hall–Kier alpha value is -1.11. The fourth-order valence-electron chi connectivity index (χ4n) is 2.62. The third-order valence-corrected chi connectivity index (χ3v) is 5.42. The first kappa shape index (κ1) is 17.2. The molecule has 6 heteroatoms. The van der Waals surface area contributed by atoms with Gasteiger partial charge >= 0.3 is 0 Å². The van der Waals surface area contributed by atoms with Crippen LogP contribution in [0.1, 0.15) is 36.9 Å². The van der Waals surface area contributed by atoms with Crippen LogP contribution < -0.4 is 9.46 Å². The lowest BCUT2D eigenvalue weighted by Gasteiger charge is -2.25. The first-order chi connectivity index (χ1) is 10.4. The molecule has 1 aliphatic rings. The first-order valence-electron chi connectivity index (χ1n) is 7.82. The lowest BCUT2D eigenvalue weighted by atomic mass is 10.0. The number of benzene rings is 1. The summed E-state index contributed by atoms with van der Waals surface area (Å²) in [6.45, 7) is 3.11. The molecule has 1 aromatic rings. The smallest absolute Gasteiger partial charge is 0.211 e. The molecule has 2 rings (SSSR count). The van der Waals surface area contributed by atoms with Crippen LogP contribution in [-0.2, 0) is 16.4 Å². The largest absolute Gasteiger partial charge is 0.493 e. The van der Waals surface area contributed by atoms with Crippen molar-refractivity contribution in [3.63, 3.8) is 0 Å². The highest BCUT2D eigenvalue weighted by Gasteiger charge is 2.20. The van der Waals surface area contributed by atoms with Gasteiger partial charge in [-0.3, -0.25) is 0 Å². The Kier molecular flexibility index (Phi) is 5.83. The SMILES string of the molecule is CCCCS(=O)(=O)NCC(c1ccc2c(c1)CCO2)N(C)C. The van der Waals surface area contributed by atoms with E-state index in [2.05, 4.69) is 10.8 Å². The van der Waals surface area contributed by atoms with Crippen LogP contribution in [0.5, 0.6) is 5.75 Å². The average molecular weight is 326 g/mol. The molecule has 0 aromatic heterocycles. The van der Waals surface area contributed by atoms with Gasteiger partial charge in [0.15, 0.2) is 0 Å². The Balaban J connectivity index is 2.07. The summed E-state index contributed by atoms with van der Waals surface area (Å²) in [7, 11) is 0.741. The number of hydrogen-bond acceptors (Lipinski definition) is 4. The fraction of sp³-hybridized carbons (Fsp3) is 0.625. The Morgan fingerprint density at radius 3 is 2.82 bits per heavy atom. The minimum absolute atomic E-state index is 0.0160. The second kappa shape index (κ2) is 7.44. The molecular weight excluding hydrogens is 300 g/mol. The molecule has 1 unspecified atom stereocenters. The number of nitrogens with zero attached hydrogens (tertiary/aromatic N) is 1. The highest BCUT2D eigenvalue weighted by atomic mass is 32.2. The molecule has 0 amide bonds. The van der Waals surface area contributed by atoms with Crippen LogP contribution >= 0.6 is 0 Å². The van der Waals surface area contributed by atoms with Gasteiger partial charge in [-0.15, -0.1) is 0 Å². The van der Waals surface area contributed by atoms with E-state index >= 15 is 0 Å². The Morgan fingerprint density at radius 2 is 2.14 bits per heavy atom. The highest BCUT2D eigenvalue weighted by Crippen LogP contribution is 2.29. The molecule has 0 aliphatic carbocycles. The van der Waals surface area contributed by atoms with Crippen molar-refractivity contribution in [3.8, 4) is 5.75 Å². The summed E-state index contributed by atoms with van der Waals surface area (Å²) in [4.78, 5) is 2.04. The molecule has 0 spiro atoms. The van der Waals surface area contributed by atoms with E-state index in [0.29, 0.717) is 13.0 Å². The molecule has 0 bridgehead atoms. The third kappa shape index (κ3) is 4.44. The van der Waals surface area contributed by atoms with Gasteiger partial charge in [-0.05, 0) is 37.7 Å². The standard InChI is InChI=1S/C16H26N2O3S/c1-4-5-10-22(19,20)17-12-15(18(2)3)13-6-7-16-14(11-13)8-9-21-16/h6-7,11,15,17H,4-5,8-10,12H2,1-3H3. The lowest BCUT2D eigenvalue weighted by molar-refractivity contribution is 0.299. The molecule has 5 nitrogen and oxygen atoms in total. The van der Waals surface area contributed by atoms with Crippen LogP contribution in [0.25, 0.3) is 0 Å². The third-order valence-electron chi connectivity index (χ3n) is 3.98. The fourth-order valence-corrected chi connectivity index (χ4v) is 3.85. The summed E-state index contributed by atoms with van der Waals surface area (Å²) < 4.78 is 32.2. The zero-order chi connectivity index (χ0) is 16.2. The number of fused-ring (bicyclic) bond motifs is 1. The van der Waals surface area contributed by atoms with Crippen molar-refractivity contribution in [2.24, 2.45) is 0 Å². The van der Waals surface area contributed by atoms with Crippen molar-refractivity contribution < 1.29 is 13.2 Å². The van der Waals surface area contributed by atoms with E-state index in [1.54, 1.807) is 0 Å². The van der Waals surface area contributed by atoms with Crippen LogP contribution in [0, 0.1) is 0 Å². The monoisotopic (exact) mass is 326 g/mol. The lowest BCUT2D eigenvalue weighted by Crippen LogP contribution is -2.35. The predicted octanol–water partition coefficient (Wildman–Crippen LogP) is 1.94. The van der Waals surface area contributed by atoms with Crippen molar-refractivity contribution in [2.75, 3.05) is 33.0 Å². The maximum atomic E-state index is 12.0. The van der Waals surface area contributed by atoms with Gasteiger partial charge in [-0.25, -0.2) is 13.1 Å². The topological polar surface area (TPSA) is 58.6 Å². The van der Waals surface area contributed by atoms with Gasteiger partial charge in [-0.1, -0.05) is 25.5 Å². The molecule has 1 aromatic carbocycles. The summed E-state index contributed by atoms with van der Waals surface area (Å²) in [6.07, 6.45) is 2.49. The summed E-state index contributed by atoms with van der Waals surface area (Å²) in [5, 5.41) is 0. The van der Waals surface area contributed by atoms with Crippen molar-refractivity contribution >= 4 is 10.0 Å². The highest BCUT2D eigenvalue weighted by molar-refractivity contribution is 7.89. The molecule has 0 radical (unpaired) electrons. The summed E-state index contributed by atoms with van der Waals surface area (Å²) in [5.74, 6) is 1.14. The number of nitrogens with one attached hydrogen (secondary N) is 1. The van der Waals surface area contributed by atoms with Crippen LogP contribution in [-0.4, -0.2) is 46.3 Å². The number of unbranched alkanes of at least 4 members (excludes halogenated alkanes) is 1.